The van der Waals surface area contributed by atoms with E-state index in [0.29, 0.717) is 18.4 Å². The summed E-state index contributed by atoms with van der Waals surface area (Å²) in [7, 11) is 0. The fraction of sp³-hybridized carbons (Fsp3) is 0.333. The maximum Gasteiger partial charge on any atom is 0.164 e. The number of ketones is 1. The molecule has 1 aromatic rings. The van der Waals surface area contributed by atoms with Crippen molar-refractivity contribution >= 4 is 5.78 Å². The maximum absolute atomic E-state index is 11.6. The number of carbonyl (C=O) groups is 1. The summed E-state index contributed by atoms with van der Waals surface area (Å²) < 4.78 is 0. The fourth-order valence-corrected chi connectivity index (χ4v) is 1.24. The first-order valence-corrected chi connectivity index (χ1v) is 4.63. The molecule has 0 N–H and O–H groups in total. The van der Waals surface area contributed by atoms with Crippen LogP contribution in [0.15, 0.2) is 18.5 Å². The zero-order valence-electron chi connectivity index (χ0n) is 8.29. The first-order valence-electron chi connectivity index (χ1n) is 4.63. The van der Waals surface area contributed by atoms with Gasteiger partial charge in [0.25, 0.3) is 0 Å². The van der Waals surface area contributed by atoms with E-state index < -0.39 is 0 Å². The average molecular weight is 187 g/mol. The van der Waals surface area contributed by atoms with Gasteiger partial charge in [-0.05, 0) is 25.0 Å². The Hall–Kier alpha value is -1.62. The van der Waals surface area contributed by atoms with Gasteiger partial charge in [-0.3, -0.25) is 9.78 Å². The van der Waals surface area contributed by atoms with Gasteiger partial charge in [0.15, 0.2) is 5.78 Å². The van der Waals surface area contributed by atoms with Crippen molar-refractivity contribution in [1.82, 2.24) is 4.98 Å². The number of hydrogen-bond donors (Lipinski definition) is 0. The second-order valence-corrected chi connectivity index (χ2v) is 3.17. The van der Waals surface area contributed by atoms with Crippen molar-refractivity contribution in [1.29, 1.82) is 0 Å². The van der Waals surface area contributed by atoms with Crippen molar-refractivity contribution in [3.63, 3.8) is 0 Å². The lowest BCUT2D eigenvalue weighted by molar-refractivity contribution is 0.0979. The van der Waals surface area contributed by atoms with Crippen LogP contribution in [0.5, 0.6) is 0 Å². The molecular weight excluding hydrogens is 174 g/mol. The van der Waals surface area contributed by atoms with Gasteiger partial charge in [0.2, 0.25) is 0 Å². The highest BCUT2D eigenvalue weighted by Gasteiger charge is 2.07. The summed E-state index contributed by atoms with van der Waals surface area (Å²) in [4.78, 5) is 15.6. The predicted molar refractivity (Wildman–Crippen MR) is 56.0 cm³/mol. The molecule has 1 rings (SSSR count). The first kappa shape index (κ1) is 10.5. The van der Waals surface area contributed by atoms with E-state index >= 15 is 0 Å². The van der Waals surface area contributed by atoms with E-state index in [0.717, 1.165) is 12.0 Å². The largest absolute Gasteiger partial charge is 0.294 e. The van der Waals surface area contributed by atoms with Crippen molar-refractivity contribution in [3.8, 4) is 12.3 Å². The van der Waals surface area contributed by atoms with Crippen LogP contribution in [0.2, 0.25) is 0 Å². The SMILES string of the molecule is C#CCCCC(=O)c1cnccc1C. The summed E-state index contributed by atoms with van der Waals surface area (Å²) >= 11 is 0. The molecule has 0 radical (unpaired) electrons. The average Bonchev–Trinajstić information content (AvgIpc) is 2.18. The normalized spacial score (nSPS) is 9.43. The third kappa shape index (κ3) is 2.70. The number of terminal acetylenes is 1. The molecule has 2 heteroatoms. The summed E-state index contributed by atoms with van der Waals surface area (Å²) in [6.07, 6.45) is 10.3. The van der Waals surface area contributed by atoms with E-state index in [2.05, 4.69) is 10.9 Å². The molecule has 0 fully saturated rings. The topological polar surface area (TPSA) is 30.0 Å². The molecule has 0 saturated carbocycles. The number of aromatic nitrogens is 1. The Morgan fingerprint density at radius 2 is 2.43 bits per heavy atom. The van der Waals surface area contributed by atoms with Gasteiger partial charge in [0, 0.05) is 30.8 Å². The van der Waals surface area contributed by atoms with Crippen LogP contribution in [0.25, 0.3) is 0 Å². The molecule has 0 aliphatic heterocycles. The van der Waals surface area contributed by atoms with E-state index in [1.54, 1.807) is 12.4 Å². The molecule has 0 spiro atoms. The fourth-order valence-electron chi connectivity index (χ4n) is 1.24. The molecule has 14 heavy (non-hydrogen) atoms. The van der Waals surface area contributed by atoms with Crippen LogP contribution in [0.4, 0.5) is 0 Å². The quantitative estimate of drug-likeness (QED) is 0.411. The standard InChI is InChI=1S/C12H13NO/c1-3-4-5-6-12(14)11-9-13-8-7-10(11)2/h1,7-9H,4-6H2,2H3. The van der Waals surface area contributed by atoms with Crippen LogP contribution in [-0.4, -0.2) is 10.8 Å². The summed E-state index contributed by atoms with van der Waals surface area (Å²) in [6, 6.07) is 1.84. The molecule has 72 valence electrons. The third-order valence-electron chi connectivity index (χ3n) is 2.06. The Morgan fingerprint density at radius 3 is 3.07 bits per heavy atom. The number of unbranched alkanes of at least 4 members (excludes halogenated alkanes) is 1. The van der Waals surface area contributed by atoms with Gasteiger partial charge in [-0.1, -0.05) is 0 Å². The lowest BCUT2D eigenvalue weighted by Gasteiger charge is -2.02. The second-order valence-electron chi connectivity index (χ2n) is 3.17. The molecule has 2 nitrogen and oxygen atoms in total. The number of rotatable bonds is 4. The number of Topliss-reactive ketones (excluding diaryl/α,β-unsaturated/α-hetero) is 1. The van der Waals surface area contributed by atoms with Crippen LogP contribution in [0.3, 0.4) is 0 Å². The first-order chi connectivity index (χ1) is 6.75. The molecular formula is C12H13NO. The van der Waals surface area contributed by atoms with Crippen molar-refractivity contribution in [2.24, 2.45) is 0 Å². The van der Waals surface area contributed by atoms with Crippen LogP contribution in [-0.2, 0) is 0 Å². The van der Waals surface area contributed by atoms with Crippen LogP contribution < -0.4 is 0 Å². The van der Waals surface area contributed by atoms with E-state index in [4.69, 9.17) is 6.42 Å². The second kappa shape index (κ2) is 5.18. The molecule has 0 aliphatic carbocycles. The highest BCUT2D eigenvalue weighted by molar-refractivity contribution is 5.97. The summed E-state index contributed by atoms with van der Waals surface area (Å²) in [5.41, 5.74) is 1.69. The Bertz CT molecular complexity index is 363. The molecule has 0 saturated heterocycles. The molecule has 1 heterocycles. The lowest BCUT2D eigenvalue weighted by Crippen LogP contribution is -2.01. The Balaban J connectivity index is 2.62. The molecule has 0 amide bonds. The number of aryl methyl sites for hydroxylation is 1. The molecule has 1 aromatic heterocycles. The summed E-state index contributed by atoms with van der Waals surface area (Å²) in [6.45, 7) is 1.91. The van der Waals surface area contributed by atoms with Gasteiger partial charge in [0.05, 0.1) is 0 Å². The summed E-state index contributed by atoms with van der Waals surface area (Å²) in [5, 5.41) is 0. The zero-order chi connectivity index (χ0) is 10.4. The summed E-state index contributed by atoms with van der Waals surface area (Å²) in [5.74, 6) is 2.65. The Labute approximate surface area is 84.4 Å². The minimum atomic E-state index is 0.130. The predicted octanol–water partition coefficient (Wildman–Crippen LogP) is 2.38. The molecule has 0 unspecified atom stereocenters. The van der Waals surface area contributed by atoms with Gasteiger partial charge >= 0.3 is 0 Å². The number of hydrogen-bond acceptors (Lipinski definition) is 2. The molecule has 0 bridgehead atoms. The minimum Gasteiger partial charge on any atom is -0.294 e. The van der Waals surface area contributed by atoms with E-state index in [1.807, 2.05) is 13.0 Å². The van der Waals surface area contributed by atoms with Crippen LogP contribution in [0, 0.1) is 19.3 Å². The van der Waals surface area contributed by atoms with Crippen LogP contribution in [0.1, 0.15) is 35.2 Å². The molecule has 0 atom stereocenters. The smallest absolute Gasteiger partial charge is 0.164 e. The van der Waals surface area contributed by atoms with Crippen molar-refractivity contribution in [3.05, 3.63) is 29.6 Å². The van der Waals surface area contributed by atoms with Gasteiger partial charge in [-0.2, -0.15) is 0 Å². The maximum atomic E-state index is 11.6. The molecule has 0 aromatic carbocycles. The van der Waals surface area contributed by atoms with Crippen molar-refractivity contribution < 1.29 is 4.79 Å². The highest BCUT2D eigenvalue weighted by Crippen LogP contribution is 2.09. The Kier molecular flexibility index (Phi) is 3.87. The highest BCUT2D eigenvalue weighted by atomic mass is 16.1. The van der Waals surface area contributed by atoms with Gasteiger partial charge in [-0.15, -0.1) is 12.3 Å². The minimum absolute atomic E-state index is 0.130. The van der Waals surface area contributed by atoms with Crippen LogP contribution >= 0.6 is 0 Å². The van der Waals surface area contributed by atoms with Gasteiger partial charge in [0.1, 0.15) is 0 Å². The molecule has 0 aliphatic rings. The monoisotopic (exact) mass is 187 g/mol. The lowest BCUT2D eigenvalue weighted by atomic mass is 10.0. The number of pyridine rings is 1. The van der Waals surface area contributed by atoms with E-state index in [1.165, 1.54) is 0 Å². The van der Waals surface area contributed by atoms with Crippen molar-refractivity contribution in [2.75, 3.05) is 0 Å². The number of nitrogens with zero attached hydrogens (tertiary/aromatic N) is 1. The van der Waals surface area contributed by atoms with E-state index in [-0.39, 0.29) is 5.78 Å². The van der Waals surface area contributed by atoms with E-state index in [9.17, 15) is 4.79 Å². The number of carbonyl (C=O) groups excluding carboxylic acids is 1. The third-order valence-corrected chi connectivity index (χ3v) is 2.06. The Morgan fingerprint density at radius 1 is 1.64 bits per heavy atom. The van der Waals surface area contributed by atoms with Crippen molar-refractivity contribution in [2.45, 2.75) is 26.2 Å². The zero-order valence-corrected chi connectivity index (χ0v) is 8.29. The van der Waals surface area contributed by atoms with Gasteiger partial charge < -0.3 is 0 Å². The van der Waals surface area contributed by atoms with Gasteiger partial charge in [-0.25, -0.2) is 0 Å².